The molecule has 1 aromatic carbocycles. The lowest BCUT2D eigenvalue weighted by Crippen LogP contribution is -1.99. The molecule has 0 radical (unpaired) electrons. The summed E-state index contributed by atoms with van der Waals surface area (Å²) < 4.78 is 0. The Morgan fingerprint density at radius 1 is 1.29 bits per heavy atom. The summed E-state index contributed by atoms with van der Waals surface area (Å²) in [6, 6.07) is 9.62. The van der Waals surface area contributed by atoms with Crippen molar-refractivity contribution in [1.29, 1.82) is 0 Å². The number of anilines is 1. The van der Waals surface area contributed by atoms with Crippen molar-refractivity contribution >= 4 is 12.2 Å². The van der Waals surface area contributed by atoms with Crippen LogP contribution in [0.3, 0.4) is 0 Å². The number of nitrogens with two attached hydrogens (primary N) is 1. The van der Waals surface area contributed by atoms with Gasteiger partial charge < -0.3 is 5.73 Å². The normalized spacial score (nSPS) is 10.9. The lowest BCUT2D eigenvalue weighted by atomic mass is 10.2. The van der Waals surface area contributed by atoms with E-state index in [9.17, 15) is 0 Å². The largest absolute Gasteiger partial charge is 0.365 e. The molecular weight excluding hydrogens is 180 g/mol. The van der Waals surface area contributed by atoms with Crippen LogP contribution in [0.15, 0.2) is 35.4 Å². The Morgan fingerprint density at radius 3 is 2.71 bits per heavy atom. The van der Waals surface area contributed by atoms with Gasteiger partial charge >= 0.3 is 0 Å². The minimum atomic E-state index is 0.164. The highest BCUT2D eigenvalue weighted by Crippen LogP contribution is 1.95. The van der Waals surface area contributed by atoms with E-state index in [-0.39, 0.29) is 5.95 Å². The fourth-order valence-electron chi connectivity index (χ4n) is 0.932. The van der Waals surface area contributed by atoms with Gasteiger partial charge in [0, 0.05) is 0 Å². The standard InChI is InChI=1S/C8H8N6/c9-8-11-12-13-14(8)10-6-7-4-2-1-3-5-7/h1-6H,(H2,9,11,13)/b10-6+. The number of benzene rings is 1. The lowest BCUT2D eigenvalue weighted by molar-refractivity contribution is 0.699. The summed E-state index contributed by atoms with van der Waals surface area (Å²) in [5, 5.41) is 14.4. The van der Waals surface area contributed by atoms with E-state index in [2.05, 4.69) is 20.6 Å². The maximum absolute atomic E-state index is 5.42. The summed E-state index contributed by atoms with van der Waals surface area (Å²) >= 11 is 0. The number of hydrogen-bond acceptors (Lipinski definition) is 5. The molecule has 0 aliphatic carbocycles. The van der Waals surface area contributed by atoms with Crippen LogP contribution in [0.2, 0.25) is 0 Å². The third-order valence-electron chi connectivity index (χ3n) is 1.59. The lowest BCUT2D eigenvalue weighted by Gasteiger charge is -1.91. The smallest absolute Gasteiger partial charge is 0.263 e. The van der Waals surface area contributed by atoms with Gasteiger partial charge in [0.15, 0.2) is 0 Å². The molecule has 0 spiro atoms. The first-order valence-electron chi connectivity index (χ1n) is 3.99. The van der Waals surface area contributed by atoms with Crippen molar-refractivity contribution in [2.75, 3.05) is 5.73 Å². The molecule has 1 aromatic heterocycles. The van der Waals surface area contributed by atoms with Crippen LogP contribution in [-0.2, 0) is 0 Å². The minimum Gasteiger partial charge on any atom is -0.365 e. The van der Waals surface area contributed by atoms with Crippen molar-refractivity contribution in [2.45, 2.75) is 0 Å². The van der Waals surface area contributed by atoms with E-state index in [4.69, 9.17) is 5.73 Å². The second-order valence-corrected chi connectivity index (χ2v) is 2.58. The molecule has 6 nitrogen and oxygen atoms in total. The second-order valence-electron chi connectivity index (χ2n) is 2.58. The number of aromatic nitrogens is 4. The molecule has 14 heavy (non-hydrogen) atoms. The maximum Gasteiger partial charge on any atom is 0.263 e. The van der Waals surface area contributed by atoms with Gasteiger partial charge in [0.25, 0.3) is 5.95 Å². The van der Waals surface area contributed by atoms with E-state index in [1.165, 1.54) is 0 Å². The van der Waals surface area contributed by atoms with Crippen molar-refractivity contribution in [2.24, 2.45) is 5.10 Å². The van der Waals surface area contributed by atoms with Crippen molar-refractivity contribution in [1.82, 2.24) is 20.3 Å². The molecule has 0 aliphatic heterocycles. The molecular formula is C8H8N6. The predicted octanol–water partition coefficient (Wildman–Crippen LogP) is 0.137. The molecule has 0 saturated carbocycles. The third-order valence-corrected chi connectivity index (χ3v) is 1.59. The van der Waals surface area contributed by atoms with Crippen LogP contribution in [0.1, 0.15) is 5.56 Å². The Balaban J connectivity index is 2.20. The average molecular weight is 188 g/mol. The van der Waals surface area contributed by atoms with Gasteiger partial charge in [0.1, 0.15) is 0 Å². The van der Waals surface area contributed by atoms with E-state index in [1.807, 2.05) is 30.3 Å². The molecule has 0 bridgehead atoms. The Morgan fingerprint density at radius 2 is 2.07 bits per heavy atom. The van der Waals surface area contributed by atoms with E-state index >= 15 is 0 Å². The molecule has 0 atom stereocenters. The molecule has 2 rings (SSSR count). The van der Waals surface area contributed by atoms with Crippen LogP contribution < -0.4 is 5.73 Å². The number of rotatable bonds is 2. The molecule has 0 aliphatic rings. The van der Waals surface area contributed by atoms with Crippen molar-refractivity contribution in [3.8, 4) is 0 Å². The van der Waals surface area contributed by atoms with Gasteiger partial charge in [-0.15, -0.1) is 0 Å². The molecule has 6 heteroatoms. The predicted molar refractivity (Wildman–Crippen MR) is 51.7 cm³/mol. The zero-order valence-corrected chi connectivity index (χ0v) is 7.28. The fraction of sp³-hybridized carbons (Fsp3) is 0. The SMILES string of the molecule is Nc1nnnn1/N=C/c1ccccc1. The van der Waals surface area contributed by atoms with E-state index in [0.717, 1.165) is 10.4 Å². The number of hydrogen-bond donors (Lipinski definition) is 1. The number of nitrogen functional groups attached to an aromatic ring is 1. The summed E-state index contributed by atoms with van der Waals surface area (Å²) in [5.74, 6) is 0.164. The van der Waals surface area contributed by atoms with Crippen molar-refractivity contribution in [3.63, 3.8) is 0 Å². The first-order valence-corrected chi connectivity index (χ1v) is 3.99. The molecule has 2 N–H and O–H groups in total. The molecule has 0 fully saturated rings. The molecule has 0 amide bonds. The van der Waals surface area contributed by atoms with Crippen molar-refractivity contribution < 1.29 is 0 Å². The highest BCUT2D eigenvalue weighted by Gasteiger charge is 1.95. The van der Waals surface area contributed by atoms with Crippen molar-refractivity contribution in [3.05, 3.63) is 35.9 Å². The Bertz CT molecular complexity index is 432. The van der Waals surface area contributed by atoms with Crippen LogP contribution in [0.25, 0.3) is 0 Å². The molecule has 1 heterocycles. The van der Waals surface area contributed by atoms with Crippen LogP contribution in [0.4, 0.5) is 5.95 Å². The molecule has 0 unspecified atom stereocenters. The monoisotopic (exact) mass is 188 g/mol. The van der Waals surface area contributed by atoms with Crippen LogP contribution in [0, 0.1) is 0 Å². The van der Waals surface area contributed by atoms with Gasteiger partial charge in [0.2, 0.25) is 0 Å². The van der Waals surface area contributed by atoms with E-state index < -0.39 is 0 Å². The van der Waals surface area contributed by atoms with Gasteiger partial charge in [-0.1, -0.05) is 40.2 Å². The third kappa shape index (κ3) is 1.74. The zero-order valence-electron chi connectivity index (χ0n) is 7.28. The van der Waals surface area contributed by atoms with Crippen LogP contribution in [-0.4, -0.2) is 26.5 Å². The summed E-state index contributed by atoms with van der Waals surface area (Å²) in [4.78, 5) is 1.16. The summed E-state index contributed by atoms with van der Waals surface area (Å²) in [5.41, 5.74) is 6.38. The van der Waals surface area contributed by atoms with E-state index in [0.29, 0.717) is 0 Å². The van der Waals surface area contributed by atoms with Gasteiger partial charge in [-0.2, -0.15) is 5.10 Å². The fourth-order valence-corrected chi connectivity index (χ4v) is 0.932. The van der Waals surface area contributed by atoms with E-state index in [1.54, 1.807) is 6.21 Å². The average Bonchev–Trinajstić information content (AvgIpc) is 2.63. The topological polar surface area (TPSA) is 82.0 Å². The van der Waals surface area contributed by atoms with Crippen LogP contribution in [0.5, 0.6) is 0 Å². The van der Waals surface area contributed by atoms with Gasteiger partial charge in [-0.05, 0) is 16.0 Å². The molecule has 2 aromatic rings. The summed E-state index contributed by atoms with van der Waals surface area (Å²) in [7, 11) is 0. The Hall–Kier alpha value is -2.24. The van der Waals surface area contributed by atoms with Gasteiger partial charge in [-0.3, -0.25) is 0 Å². The van der Waals surface area contributed by atoms with Gasteiger partial charge in [0.05, 0.1) is 6.21 Å². The first kappa shape index (κ1) is 8.36. The number of tetrazole rings is 1. The Labute approximate surface area is 80.0 Å². The van der Waals surface area contributed by atoms with Crippen LogP contribution >= 0.6 is 0 Å². The number of nitrogens with zero attached hydrogens (tertiary/aromatic N) is 5. The highest BCUT2D eigenvalue weighted by molar-refractivity contribution is 5.79. The maximum atomic E-state index is 5.42. The van der Waals surface area contributed by atoms with Gasteiger partial charge in [-0.25, -0.2) is 0 Å². The quantitative estimate of drug-likeness (QED) is 0.679. The minimum absolute atomic E-state index is 0.164. The molecule has 0 saturated heterocycles. The first-order chi connectivity index (χ1) is 6.86. The summed E-state index contributed by atoms with van der Waals surface area (Å²) in [6.45, 7) is 0. The highest BCUT2D eigenvalue weighted by atomic mass is 15.7. The Kier molecular flexibility index (Phi) is 2.18. The second kappa shape index (κ2) is 3.65. The summed E-state index contributed by atoms with van der Waals surface area (Å²) in [6.07, 6.45) is 1.63. The zero-order chi connectivity index (χ0) is 9.80. The molecule has 70 valence electrons.